The highest BCUT2D eigenvalue weighted by Gasteiger charge is 2.58. The number of pyridine rings is 2. The molecule has 0 aliphatic rings. The number of halogens is 3. The van der Waals surface area contributed by atoms with Crippen LogP contribution >= 0.6 is 11.3 Å². The molecule has 0 fully saturated rings. The van der Waals surface area contributed by atoms with E-state index in [0.29, 0.717) is 17.0 Å². The molecular weight excluding hydrogens is 421 g/mol. The van der Waals surface area contributed by atoms with Crippen LogP contribution in [0.25, 0.3) is 0 Å². The van der Waals surface area contributed by atoms with Crippen LogP contribution in [0.15, 0.2) is 48.2 Å². The number of alkyl halides is 3. The lowest BCUT2D eigenvalue weighted by Crippen LogP contribution is -2.45. The topological polar surface area (TPSA) is 97.2 Å². The van der Waals surface area contributed by atoms with Crippen molar-refractivity contribution in [1.82, 2.24) is 15.0 Å². The normalized spacial score (nSPS) is 13.5. The quantitative estimate of drug-likeness (QED) is 0.585. The maximum Gasteiger partial charge on any atom is 0.424 e. The Morgan fingerprint density at radius 2 is 1.97 bits per heavy atom. The molecule has 3 aromatic rings. The van der Waals surface area contributed by atoms with Crippen molar-refractivity contribution >= 4 is 23.1 Å². The summed E-state index contributed by atoms with van der Waals surface area (Å²) in [6.07, 6.45) is -1.84. The number of rotatable bonds is 7. The maximum atomic E-state index is 13.6. The number of carbonyl (C=O) groups is 1. The molecule has 0 aliphatic heterocycles. The number of anilines is 1. The molecule has 7 nitrogen and oxygen atoms in total. The van der Waals surface area contributed by atoms with Gasteiger partial charge in [0.1, 0.15) is 11.6 Å². The smallest absolute Gasteiger partial charge is 0.424 e. The molecule has 0 spiro atoms. The molecule has 0 bridgehead atoms. The lowest BCUT2D eigenvalue weighted by atomic mass is 9.99. The Morgan fingerprint density at radius 1 is 1.23 bits per heavy atom. The van der Waals surface area contributed by atoms with Crippen LogP contribution in [-0.2, 0) is 17.0 Å². The Morgan fingerprint density at radius 3 is 2.60 bits per heavy atom. The highest BCUT2D eigenvalue weighted by Crippen LogP contribution is 2.43. The number of aromatic nitrogens is 3. The summed E-state index contributed by atoms with van der Waals surface area (Å²) in [5, 5.41) is 13.4. The molecule has 0 aliphatic carbocycles. The van der Waals surface area contributed by atoms with Crippen molar-refractivity contribution in [3.63, 3.8) is 0 Å². The number of amides is 1. The van der Waals surface area contributed by atoms with Gasteiger partial charge < -0.3 is 15.2 Å². The number of thiazole rings is 1. The molecular formula is C19H17F3N4O3S. The van der Waals surface area contributed by atoms with Crippen LogP contribution in [0, 0.1) is 6.92 Å². The Balaban J connectivity index is 1.75. The van der Waals surface area contributed by atoms with Gasteiger partial charge in [0.05, 0.1) is 6.42 Å². The van der Waals surface area contributed by atoms with E-state index in [2.05, 4.69) is 20.3 Å². The molecule has 1 unspecified atom stereocenters. The first-order valence-corrected chi connectivity index (χ1v) is 9.55. The van der Waals surface area contributed by atoms with Crippen LogP contribution in [0.4, 0.5) is 19.0 Å². The Hall–Kier alpha value is -3.05. The second-order valence-electron chi connectivity index (χ2n) is 6.37. The van der Waals surface area contributed by atoms with E-state index in [1.54, 1.807) is 30.6 Å². The molecule has 0 aromatic carbocycles. The van der Waals surface area contributed by atoms with Crippen molar-refractivity contribution in [3.05, 3.63) is 64.5 Å². The highest BCUT2D eigenvalue weighted by atomic mass is 32.1. The van der Waals surface area contributed by atoms with Gasteiger partial charge >= 0.3 is 6.18 Å². The summed E-state index contributed by atoms with van der Waals surface area (Å²) in [4.78, 5) is 23.9. The molecule has 3 rings (SSSR count). The number of hydrogen-bond donors (Lipinski definition) is 2. The van der Waals surface area contributed by atoms with Crippen molar-refractivity contribution in [3.8, 4) is 5.75 Å². The number of nitrogens with one attached hydrogen (secondary N) is 1. The van der Waals surface area contributed by atoms with Gasteiger partial charge in [-0.05, 0) is 36.8 Å². The molecule has 1 atom stereocenters. The molecule has 3 heterocycles. The van der Waals surface area contributed by atoms with Crippen LogP contribution in [0.3, 0.4) is 0 Å². The number of nitrogens with zero attached hydrogens (tertiary/aromatic N) is 3. The SMILES string of the molecule is Cc1csc(C(O)(CC(=O)Nc2ncccc2OCc2ccncc2)C(F)(F)F)n1. The van der Waals surface area contributed by atoms with Gasteiger partial charge in [0.15, 0.2) is 11.6 Å². The average Bonchev–Trinajstić information content (AvgIpc) is 3.14. The number of aryl methyl sites for hydroxylation is 1. The summed E-state index contributed by atoms with van der Waals surface area (Å²) in [5.41, 5.74) is -2.30. The lowest BCUT2D eigenvalue weighted by molar-refractivity contribution is -0.266. The zero-order chi connectivity index (χ0) is 21.8. The van der Waals surface area contributed by atoms with Gasteiger partial charge in [-0.2, -0.15) is 13.2 Å². The van der Waals surface area contributed by atoms with Gasteiger partial charge in [-0.15, -0.1) is 11.3 Å². The first-order valence-electron chi connectivity index (χ1n) is 8.67. The van der Waals surface area contributed by atoms with Crippen LogP contribution in [0.5, 0.6) is 5.75 Å². The largest absolute Gasteiger partial charge is 0.485 e. The molecule has 1 amide bonds. The number of carbonyl (C=O) groups excluding carboxylic acids is 1. The molecule has 158 valence electrons. The second kappa shape index (κ2) is 8.76. The molecule has 0 saturated heterocycles. The van der Waals surface area contributed by atoms with E-state index in [9.17, 15) is 23.1 Å². The summed E-state index contributed by atoms with van der Waals surface area (Å²) in [6, 6.07) is 6.54. The first kappa shape index (κ1) is 21.7. The highest BCUT2D eigenvalue weighted by molar-refractivity contribution is 7.09. The van der Waals surface area contributed by atoms with Gasteiger partial charge in [0, 0.05) is 29.7 Å². The van der Waals surface area contributed by atoms with Gasteiger partial charge in [0.25, 0.3) is 0 Å². The van der Waals surface area contributed by atoms with Crippen LogP contribution in [0.2, 0.25) is 0 Å². The molecule has 30 heavy (non-hydrogen) atoms. The third-order valence-electron chi connectivity index (χ3n) is 4.03. The average molecular weight is 438 g/mol. The number of ether oxygens (including phenoxy) is 1. The van der Waals surface area contributed by atoms with Crippen molar-refractivity contribution < 1.29 is 27.8 Å². The number of aliphatic hydroxyl groups is 1. The van der Waals surface area contributed by atoms with E-state index < -0.39 is 29.1 Å². The van der Waals surface area contributed by atoms with Crippen molar-refractivity contribution in [1.29, 1.82) is 0 Å². The fourth-order valence-corrected chi connectivity index (χ4v) is 3.41. The van der Waals surface area contributed by atoms with Crippen LogP contribution < -0.4 is 10.1 Å². The third-order valence-corrected chi connectivity index (χ3v) is 5.14. The van der Waals surface area contributed by atoms with Gasteiger partial charge in [0.2, 0.25) is 11.5 Å². The number of hydrogen-bond acceptors (Lipinski definition) is 7. The minimum Gasteiger partial charge on any atom is -0.485 e. The summed E-state index contributed by atoms with van der Waals surface area (Å²) in [5.74, 6) is -0.977. The standard InChI is InChI=1S/C19H17F3N4O3S/c1-12-11-30-17(25-12)18(28,19(20,21)22)9-15(27)26-16-14(3-2-6-24-16)29-10-13-4-7-23-8-5-13/h2-8,11,28H,9-10H2,1H3,(H,24,26,27). The summed E-state index contributed by atoms with van der Waals surface area (Å²) in [7, 11) is 0. The molecule has 0 saturated carbocycles. The molecule has 3 aromatic heterocycles. The first-order chi connectivity index (χ1) is 14.2. The lowest BCUT2D eigenvalue weighted by Gasteiger charge is -2.27. The fraction of sp³-hybridized carbons (Fsp3) is 0.263. The van der Waals surface area contributed by atoms with Gasteiger partial charge in [-0.1, -0.05) is 0 Å². The summed E-state index contributed by atoms with van der Waals surface area (Å²) in [6.45, 7) is 1.64. The van der Waals surface area contributed by atoms with E-state index in [1.807, 2.05) is 0 Å². The third kappa shape index (κ3) is 4.92. The monoisotopic (exact) mass is 438 g/mol. The van der Waals surface area contributed by atoms with Gasteiger partial charge in [-0.25, -0.2) is 9.97 Å². The minimum absolute atomic E-state index is 0.0589. The van der Waals surface area contributed by atoms with E-state index in [1.165, 1.54) is 24.6 Å². The van der Waals surface area contributed by atoms with Crippen molar-refractivity contribution in [2.24, 2.45) is 0 Å². The Bertz CT molecular complexity index is 1010. The summed E-state index contributed by atoms with van der Waals surface area (Å²) >= 11 is 0.634. The zero-order valence-electron chi connectivity index (χ0n) is 15.7. The van der Waals surface area contributed by atoms with Crippen molar-refractivity contribution in [2.75, 3.05) is 5.32 Å². The second-order valence-corrected chi connectivity index (χ2v) is 7.23. The molecule has 2 N–H and O–H groups in total. The minimum atomic E-state index is -5.10. The van der Waals surface area contributed by atoms with E-state index >= 15 is 0 Å². The predicted octanol–water partition coefficient (Wildman–Crippen LogP) is 3.60. The molecule has 11 heteroatoms. The van der Waals surface area contributed by atoms with Crippen molar-refractivity contribution in [2.45, 2.75) is 31.7 Å². The molecule has 0 radical (unpaired) electrons. The predicted molar refractivity (Wildman–Crippen MR) is 103 cm³/mol. The van der Waals surface area contributed by atoms with Crippen LogP contribution in [-0.4, -0.2) is 32.1 Å². The van der Waals surface area contributed by atoms with E-state index in [-0.39, 0.29) is 18.2 Å². The van der Waals surface area contributed by atoms with E-state index in [0.717, 1.165) is 5.56 Å². The zero-order valence-corrected chi connectivity index (χ0v) is 16.5. The summed E-state index contributed by atoms with van der Waals surface area (Å²) < 4.78 is 46.3. The maximum absolute atomic E-state index is 13.6. The fourth-order valence-electron chi connectivity index (χ4n) is 2.49. The van der Waals surface area contributed by atoms with Gasteiger partial charge in [-0.3, -0.25) is 9.78 Å². The Kier molecular flexibility index (Phi) is 6.32. The van der Waals surface area contributed by atoms with Crippen LogP contribution in [0.1, 0.15) is 22.7 Å². The Labute approximate surface area is 173 Å². The van der Waals surface area contributed by atoms with E-state index in [4.69, 9.17) is 4.74 Å².